The Balaban J connectivity index is 2.96. The van der Waals surface area contributed by atoms with Crippen molar-refractivity contribution in [2.24, 2.45) is 5.16 Å². The van der Waals surface area contributed by atoms with Crippen LogP contribution in [0.4, 0.5) is 4.39 Å². The van der Waals surface area contributed by atoms with E-state index in [-0.39, 0.29) is 5.82 Å². The lowest BCUT2D eigenvalue weighted by Crippen LogP contribution is -2.35. The van der Waals surface area contributed by atoms with E-state index in [4.69, 9.17) is 5.21 Å². The fraction of sp³-hybridized carbons (Fsp3) is 0.273. The van der Waals surface area contributed by atoms with Crippen LogP contribution in [-0.4, -0.2) is 27.9 Å². The van der Waals surface area contributed by atoms with Crippen LogP contribution in [0.5, 0.6) is 0 Å². The maximum Gasteiger partial charge on any atom is 0.205 e. The lowest BCUT2D eigenvalue weighted by Gasteiger charge is -2.18. The SMILES string of the molecule is CC(C)(/C=N\O)/[N+]([O-])=C/c1ccc(F)cc1. The summed E-state index contributed by atoms with van der Waals surface area (Å²) >= 11 is 0. The Morgan fingerprint density at radius 1 is 1.38 bits per heavy atom. The van der Waals surface area contributed by atoms with Crippen molar-refractivity contribution in [3.05, 3.63) is 40.9 Å². The number of hydrogen-bond acceptors (Lipinski definition) is 3. The van der Waals surface area contributed by atoms with E-state index in [1.165, 1.54) is 30.5 Å². The number of halogens is 1. The van der Waals surface area contributed by atoms with Crippen LogP contribution in [0.25, 0.3) is 0 Å². The Labute approximate surface area is 92.9 Å². The summed E-state index contributed by atoms with van der Waals surface area (Å²) in [7, 11) is 0. The summed E-state index contributed by atoms with van der Waals surface area (Å²) < 4.78 is 13.3. The quantitative estimate of drug-likeness (QED) is 0.280. The average Bonchev–Trinajstić information content (AvgIpc) is 2.21. The molecular formula is C11H13FN2O2. The van der Waals surface area contributed by atoms with E-state index >= 15 is 0 Å². The monoisotopic (exact) mass is 224 g/mol. The molecule has 1 aromatic carbocycles. The fourth-order valence-corrected chi connectivity index (χ4v) is 1.05. The second-order valence-electron chi connectivity index (χ2n) is 3.90. The first-order valence-electron chi connectivity index (χ1n) is 4.71. The molecule has 5 heteroatoms. The van der Waals surface area contributed by atoms with Crippen molar-refractivity contribution in [2.45, 2.75) is 19.4 Å². The van der Waals surface area contributed by atoms with Crippen molar-refractivity contribution in [1.29, 1.82) is 0 Å². The molecule has 86 valence electrons. The van der Waals surface area contributed by atoms with E-state index in [0.29, 0.717) is 10.3 Å². The molecule has 0 saturated heterocycles. The van der Waals surface area contributed by atoms with Crippen molar-refractivity contribution >= 4 is 12.4 Å². The molecular weight excluding hydrogens is 211 g/mol. The van der Waals surface area contributed by atoms with Gasteiger partial charge in [-0.3, -0.25) is 0 Å². The number of benzene rings is 1. The van der Waals surface area contributed by atoms with Crippen LogP contribution in [0.3, 0.4) is 0 Å². The summed E-state index contributed by atoms with van der Waals surface area (Å²) in [6.07, 6.45) is 2.43. The van der Waals surface area contributed by atoms with Crippen molar-refractivity contribution < 1.29 is 14.3 Å². The summed E-state index contributed by atoms with van der Waals surface area (Å²) in [5, 5.41) is 22.9. The third kappa shape index (κ3) is 3.05. The van der Waals surface area contributed by atoms with E-state index in [1.54, 1.807) is 13.8 Å². The highest BCUT2D eigenvalue weighted by atomic mass is 19.1. The van der Waals surface area contributed by atoms with Gasteiger partial charge in [-0.1, -0.05) is 5.16 Å². The molecule has 0 fully saturated rings. The number of hydrogen-bond donors (Lipinski definition) is 1. The Hall–Kier alpha value is -1.91. The molecule has 0 aliphatic rings. The molecule has 0 amide bonds. The largest absolute Gasteiger partial charge is 0.623 e. The van der Waals surface area contributed by atoms with Gasteiger partial charge in [0.25, 0.3) is 0 Å². The minimum absolute atomic E-state index is 0.356. The number of rotatable bonds is 3. The van der Waals surface area contributed by atoms with E-state index in [2.05, 4.69) is 5.16 Å². The van der Waals surface area contributed by atoms with Gasteiger partial charge in [0.2, 0.25) is 5.54 Å². The zero-order chi connectivity index (χ0) is 12.2. The Bertz CT molecular complexity index is 410. The zero-order valence-electron chi connectivity index (χ0n) is 9.09. The normalized spacial score (nSPS) is 13.3. The molecule has 1 rings (SSSR count). The van der Waals surface area contributed by atoms with E-state index in [9.17, 15) is 9.60 Å². The molecule has 0 atom stereocenters. The maximum absolute atomic E-state index is 12.6. The summed E-state index contributed by atoms with van der Waals surface area (Å²) in [6, 6.07) is 5.53. The second-order valence-corrected chi connectivity index (χ2v) is 3.90. The highest BCUT2D eigenvalue weighted by Gasteiger charge is 2.23. The van der Waals surface area contributed by atoms with Gasteiger partial charge < -0.3 is 10.4 Å². The minimum atomic E-state index is -0.955. The molecule has 0 spiro atoms. The molecule has 0 bridgehead atoms. The van der Waals surface area contributed by atoms with Crippen LogP contribution in [0.2, 0.25) is 0 Å². The third-order valence-corrected chi connectivity index (χ3v) is 2.08. The van der Waals surface area contributed by atoms with Crippen LogP contribution in [0, 0.1) is 11.0 Å². The first kappa shape index (κ1) is 12.2. The molecule has 0 heterocycles. The van der Waals surface area contributed by atoms with E-state index < -0.39 is 5.54 Å². The standard InChI is InChI=1S/C11H13FN2O2/c1-11(2,8-13-15)14(16)7-9-3-5-10(12)6-4-9/h3-8,15H,1-2H3/b13-8-,14-7-. The molecule has 1 N–H and O–H groups in total. The summed E-state index contributed by atoms with van der Waals surface area (Å²) in [5.74, 6) is -0.356. The lowest BCUT2D eigenvalue weighted by molar-refractivity contribution is -0.511. The smallest absolute Gasteiger partial charge is 0.205 e. The van der Waals surface area contributed by atoms with Gasteiger partial charge in [-0.05, 0) is 24.3 Å². The fourth-order valence-electron chi connectivity index (χ4n) is 1.05. The molecule has 0 saturated carbocycles. The Morgan fingerprint density at radius 3 is 2.44 bits per heavy atom. The second kappa shape index (κ2) is 4.74. The highest BCUT2D eigenvalue weighted by molar-refractivity contribution is 5.77. The van der Waals surface area contributed by atoms with Crippen LogP contribution in [-0.2, 0) is 0 Å². The van der Waals surface area contributed by atoms with E-state index in [1.807, 2.05) is 0 Å². The summed E-state index contributed by atoms with van der Waals surface area (Å²) in [4.78, 5) is 0. The predicted molar refractivity (Wildman–Crippen MR) is 59.6 cm³/mol. The van der Waals surface area contributed by atoms with Crippen molar-refractivity contribution in [1.82, 2.24) is 0 Å². The van der Waals surface area contributed by atoms with E-state index in [0.717, 1.165) is 6.21 Å². The first-order valence-corrected chi connectivity index (χ1v) is 4.71. The van der Waals surface area contributed by atoms with Gasteiger partial charge in [-0.2, -0.15) is 0 Å². The molecule has 0 radical (unpaired) electrons. The topological polar surface area (TPSA) is 58.7 Å². The molecule has 16 heavy (non-hydrogen) atoms. The van der Waals surface area contributed by atoms with Crippen molar-refractivity contribution in [3.8, 4) is 0 Å². The maximum atomic E-state index is 12.6. The summed E-state index contributed by atoms with van der Waals surface area (Å²) in [5.41, 5.74) is -0.376. The lowest BCUT2D eigenvalue weighted by atomic mass is 10.1. The molecule has 1 aromatic rings. The number of oxime groups is 1. The predicted octanol–water partition coefficient (Wildman–Crippen LogP) is 1.99. The summed E-state index contributed by atoms with van der Waals surface area (Å²) in [6.45, 7) is 3.19. The van der Waals surface area contributed by atoms with Gasteiger partial charge in [0.1, 0.15) is 12.0 Å². The van der Waals surface area contributed by atoms with Crippen molar-refractivity contribution in [3.63, 3.8) is 0 Å². The van der Waals surface area contributed by atoms with Crippen LogP contribution >= 0.6 is 0 Å². The van der Waals surface area contributed by atoms with Gasteiger partial charge in [0.15, 0.2) is 6.21 Å². The van der Waals surface area contributed by atoms with Crippen molar-refractivity contribution in [2.75, 3.05) is 0 Å². The molecule has 0 aromatic heterocycles. The zero-order valence-corrected chi connectivity index (χ0v) is 9.09. The van der Waals surface area contributed by atoms with Crippen LogP contribution < -0.4 is 0 Å². The first-order chi connectivity index (χ1) is 7.45. The minimum Gasteiger partial charge on any atom is -0.623 e. The molecule has 0 aliphatic carbocycles. The molecule has 0 aliphatic heterocycles. The van der Waals surface area contributed by atoms with Gasteiger partial charge >= 0.3 is 0 Å². The third-order valence-electron chi connectivity index (χ3n) is 2.08. The van der Waals surface area contributed by atoms with Gasteiger partial charge in [0, 0.05) is 19.4 Å². The highest BCUT2D eigenvalue weighted by Crippen LogP contribution is 2.06. The Morgan fingerprint density at radius 2 is 1.94 bits per heavy atom. The van der Waals surface area contributed by atoms with Gasteiger partial charge in [-0.15, -0.1) is 0 Å². The van der Waals surface area contributed by atoms with Gasteiger partial charge in [-0.25, -0.2) is 9.13 Å². The molecule has 4 nitrogen and oxygen atoms in total. The van der Waals surface area contributed by atoms with Gasteiger partial charge in [0.05, 0.1) is 0 Å². The number of nitrogens with zero attached hydrogens (tertiary/aromatic N) is 2. The number of hydroxylamine groups is 1. The Kier molecular flexibility index (Phi) is 3.60. The molecule has 0 unspecified atom stereocenters. The average molecular weight is 224 g/mol. The van der Waals surface area contributed by atoms with Crippen LogP contribution in [0.1, 0.15) is 19.4 Å². The van der Waals surface area contributed by atoms with Crippen LogP contribution in [0.15, 0.2) is 29.4 Å².